The minimum Gasteiger partial charge on any atom is -0.456 e. The van der Waals surface area contributed by atoms with Crippen LogP contribution in [0.2, 0.25) is 0 Å². The fourth-order valence-electron chi connectivity index (χ4n) is 7.54. The molecule has 0 saturated heterocycles. The van der Waals surface area contributed by atoms with E-state index in [1.54, 1.807) is 0 Å². The maximum Gasteiger partial charge on any atom is 0.136 e. The second-order valence-electron chi connectivity index (χ2n) is 12.5. The molecule has 2 heteroatoms. The van der Waals surface area contributed by atoms with Gasteiger partial charge in [-0.3, -0.25) is 0 Å². The first-order chi connectivity index (χ1) is 23.8. The summed E-state index contributed by atoms with van der Waals surface area (Å²) < 4.78 is 6.56. The van der Waals surface area contributed by atoms with E-state index in [1.165, 1.54) is 54.2 Å². The normalized spacial score (nSPS) is 11.8. The van der Waals surface area contributed by atoms with Gasteiger partial charge in [-0.25, -0.2) is 0 Å². The Morgan fingerprint density at radius 3 is 1.56 bits per heavy atom. The molecule has 0 unspecified atom stereocenters. The topological polar surface area (TPSA) is 16.4 Å². The summed E-state index contributed by atoms with van der Waals surface area (Å²) in [6.45, 7) is 0. The van der Waals surface area contributed by atoms with Gasteiger partial charge in [0.05, 0.1) is 0 Å². The summed E-state index contributed by atoms with van der Waals surface area (Å²) >= 11 is 0. The number of hydrogen-bond donors (Lipinski definition) is 0. The van der Waals surface area contributed by atoms with E-state index >= 15 is 0 Å². The van der Waals surface area contributed by atoms with Crippen molar-refractivity contribution in [3.8, 4) is 11.1 Å². The van der Waals surface area contributed by atoms with Crippen molar-refractivity contribution in [2.24, 2.45) is 0 Å². The average Bonchev–Trinajstić information content (AvgIpc) is 3.53. The van der Waals surface area contributed by atoms with E-state index in [0.717, 1.165) is 39.0 Å². The van der Waals surface area contributed by atoms with Gasteiger partial charge in [0.15, 0.2) is 0 Å². The van der Waals surface area contributed by atoms with Crippen LogP contribution in [0.4, 0.5) is 17.1 Å². The molecule has 0 aliphatic carbocycles. The number of furan rings is 1. The van der Waals surface area contributed by atoms with E-state index in [4.69, 9.17) is 4.42 Å². The highest BCUT2D eigenvalue weighted by Gasteiger charge is 2.19. The van der Waals surface area contributed by atoms with Crippen LogP contribution in [0.5, 0.6) is 0 Å². The van der Waals surface area contributed by atoms with Crippen molar-refractivity contribution in [3.05, 3.63) is 176 Å². The fraction of sp³-hybridized carbons (Fsp3) is 0. The molecule has 48 heavy (non-hydrogen) atoms. The zero-order valence-corrected chi connectivity index (χ0v) is 26.1. The van der Waals surface area contributed by atoms with Crippen LogP contribution < -0.4 is 4.90 Å². The molecule has 0 amide bonds. The third kappa shape index (κ3) is 4.20. The highest BCUT2D eigenvalue weighted by atomic mass is 16.3. The molecule has 0 spiro atoms. The van der Waals surface area contributed by atoms with Crippen LogP contribution in [0.3, 0.4) is 0 Å². The minimum atomic E-state index is 0.878. The first kappa shape index (κ1) is 26.8. The summed E-state index contributed by atoms with van der Waals surface area (Å²) in [5.41, 5.74) is 7.45. The first-order valence-corrected chi connectivity index (χ1v) is 16.4. The van der Waals surface area contributed by atoms with Crippen molar-refractivity contribution in [2.75, 3.05) is 4.90 Å². The molecular weight excluding hydrogens is 583 g/mol. The monoisotopic (exact) mass is 611 g/mol. The van der Waals surface area contributed by atoms with E-state index in [9.17, 15) is 0 Å². The summed E-state index contributed by atoms with van der Waals surface area (Å²) in [5, 5.41) is 12.1. The Morgan fingerprint density at radius 2 is 0.833 bits per heavy atom. The smallest absolute Gasteiger partial charge is 0.136 e. The molecule has 2 nitrogen and oxygen atoms in total. The summed E-state index contributed by atoms with van der Waals surface area (Å²) in [7, 11) is 0. The quantitative estimate of drug-likeness (QED) is 0.184. The molecule has 0 aliphatic heterocycles. The number of hydrogen-bond acceptors (Lipinski definition) is 2. The number of nitrogens with zero attached hydrogens (tertiary/aromatic N) is 1. The van der Waals surface area contributed by atoms with Gasteiger partial charge < -0.3 is 9.32 Å². The van der Waals surface area contributed by atoms with E-state index in [1.807, 2.05) is 0 Å². The zero-order chi connectivity index (χ0) is 31.6. The molecule has 1 heterocycles. The second kappa shape index (κ2) is 10.6. The molecule has 0 atom stereocenters. The molecule has 0 N–H and O–H groups in total. The highest BCUT2D eigenvalue weighted by Crippen LogP contribution is 2.44. The molecule has 0 saturated carbocycles. The van der Waals surface area contributed by atoms with Gasteiger partial charge in [0.1, 0.15) is 11.2 Å². The summed E-state index contributed by atoms with van der Waals surface area (Å²) in [6.07, 6.45) is 0. The summed E-state index contributed by atoms with van der Waals surface area (Å²) in [5.74, 6) is 0. The van der Waals surface area contributed by atoms with Crippen molar-refractivity contribution >= 4 is 82.1 Å². The third-order valence-corrected chi connectivity index (χ3v) is 9.78. The first-order valence-electron chi connectivity index (χ1n) is 16.4. The molecule has 10 aromatic rings. The van der Waals surface area contributed by atoms with E-state index < -0.39 is 0 Å². The molecule has 0 bridgehead atoms. The van der Waals surface area contributed by atoms with Crippen LogP contribution in [0.15, 0.2) is 180 Å². The van der Waals surface area contributed by atoms with Crippen LogP contribution in [0, 0.1) is 0 Å². The lowest BCUT2D eigenvalue weighted by molar-refractivity contribution is 0.669. The molecular formula is C46H29NO. The van der Waals surface area contributed by atoms with Crippen LogP contribution >= 0.6 is 0 Å². The van der Waals surface area contributed by atoms with Gasteiger partial charge >= 0.3 is 0 Å². The van der Waals surface area contributed by atoms with E-state index in [2.05, 4.69) is 181 Å². The Balaban J connectivity index is 1.24. The Labute approximate surface area is 277 Å². The lowest BCUT2D eigenvalue weighted by atomic mass is 9.91. The number of fused-ring (bicyclic) bond motifs is 8. The van der Waals surface area contributed by atoms with Crippen LogP contribution in [-0.2, 0) is 0 Å². The van der Waals surface area contributed by atoms with Crippen LogP contribution in [0.1, 0.15) is 0 Å². The van der Waals surface area contributed by atoms with Crippen molar-refractivity contribution in [1.82, 2.24) is 0 Å². The Bertz CT molecular complexity index is 2780. The van der Waals surface area contributed by atoms with Crippen molar-refractivity contribution in [2.45, 2.75) is 0 Å². The van der Waals surface area contributed by atoms with Gasteiger partial charge in [0.2, 0.25) is 0 Å². The van der Waals surface area contributed by atoms with Gasteiger partial charge in [-0.2, -0.15) is 0 Å². The molecule has 9 aromatic carbocycles. The molecule has 0 fully saturated rings. The van der Waals surface area contributed by atoms with Crippen LogP contribution in [-0.4, -0.2) is 0 Å². The number of anilines is 3. The predicted octanol–water partition coefficient (Wildman–Crippen LogP) is 13.3. The summed E-state index contributed by atoms with van der Waals surface area (Å²) in [6, 6.07) is 63.4. The highest BCUT2D eigenvalue weighted by molar-refractivity contribution is 6.20. The van der Waals surface area contributed by atoms with E-state index in [0.29, 0.717) is 0 Å². The maximum absolute atomic E-state index is 6.56. The lowest BCUT2D eigenvalue weighted by Gasteiger charge is -2.26. The maximum atomic E-state index is 6.56. The van der Waals surface area contributed by atoms with Gasteiger partial charge in [-0.1, -0.05) is 127 Å². The van der Waals surface area contributed by atoms with Crippen molar-refractivity contribution < 1.29 is 4.42 Å². The lowest BCUT2D eigenvalue weighted by Crippen LogP contribution is -2.09. The fourth-order valence-corrected chi connectivity index (χ4v) is 7.54. The van der Waals surface area contributed by atoms with Crippen molar-refractivity contribution in [1.29, 1.82) is 0 Å². The zero-order valence-electron chi connectivity index (χ0n) is 26.1. The average molecular weight is 612 g/mol. The molecule has 0 radical (unpaired) electrons. The molecule has 224 valence electrons. The van der Waals surface area contributed by atoms with Crippen molar-refractivity contribution in [3.63, 3.8) is 0 Å². The standard InChI is InChI=1S/C46H29NO/c1-3-12-34-27-36(23-21-30(34)9-1)47(37-24-22-31-10-2-4-13-35(31)28-37)38-25-26-43-42(29-38)46-41(17-8-18-44(46)48-43)40-16-7-14-33-20-19-32-11-5-6-15-39(32)45(33)40/h1-29H. The Morgan fingerprint density at radius 1 is 0.312 bits per heavy atom. The number of benzene rings is 9. The molecule has 10 rings (SSSR count). The Kier molecular flexibility index (Phi) is 5.91. The summed E-state index contributed by atoms with van der Waals surface area (Å²) in [4.78, 5) is 2.37. The molecule has 0 aliphatic rings. The molecule has 1 aromatic heterocycles. The number of rotatable bonds is 4. The van der Waals surface area contributed by atoms with E-state index in [-0.39, 0.29) is 0 Å². The Hall–Kier alpha value is -6.38. The largest absolute Gasteiger partial charge is 0.456 e. The third-order valence-electron chi connectivity index (χ3n) is 9.78. The van der Waals surface area contributed by atoms with Gasteiger partial charge in [0, 0.05) is 27.8 Å². The predicted molar refractivity (Wildman–Crippen MR) is 204 cm³/mol. The minimum absolute atomic E-state index is 0.878. The SMILES string of the molecule is c1ccc2cc(N(c3ccc4ccccc4c3)c3ccc4oc5cccc(-c6cccc7ccc8ccccc8c67)c5c4c3)ccc2c1. The van der Waals surface area contributed by atoms with Crippen LogP contribution in [0.25, 0.3) is 76.2 Å². The van der Waals surface area contributed by atoms with Gasteiger partial charge in [-0.05, 0) is 103 Å². The van der Waals surface area contributed by atoms with Gasteiger partial charge in [0.25, 0.3) is 0 Å². The van der Waals surface area contributed by atoms with Gasteiger partial charge in [-0.15, -0.1) is 0 Å². The second-order valence-corrected chi connectivity index (χ2v) is 12.5.